The van der Waals surface area contributed by atoms with Gasteiger partial charge in [-0.15, -0.1) is 0 Å². The first kappa shape index (κ1) is 12.5. The molecule has 0 aromatic carbocycles. The first-order chi connectivity index (χ1) is 4.83. The van der Waals surface area contributed by atoms with E-state index in [2.05, 4.69) is 13.8 Å². The summed E-state index contributed by atoms with van der Waals surface area (Å²) in [4.78, 5) is 0. The van der Waals surface area contributed by atoms with E-state index in [1.54, 1.807) is 0 Å². The molecule has 0 amide bonds. The molecule has 0 aromatic rings. The van der Waals surface area contributed by atoms with Crippen molar-refractivity contribution in [1.82, 2.24) is 0 Å². The van der Waals surface area contributed by atoms with Gasteiger partial charge < -0.3 is 0 Å². The second kappa shape index (κ2) is 15.9. The van der Waals surface area contributed by atoms with Gasteiger partial charge in [0.1, 0.15) is 0 Å². The van der Waals surface area contributed by atoms with Crippen LogP contribution < -0.4 is 0 Å². The van der Waals surface area contributed by atoms with E-state index in [4.69, 9.17) is 8.92 Å². The van der Waals surface area contributed by atoms with Gasteiger partial charge in [0.25, 0.3) is 0 Å². The molecule has 0 aliphatic rings. The lowest BCUT2D eigenvalue weighted by Gasteiger charge is -1.90. The average molecular weight is 160 g/mol. The van der Waals surface area contributed by atoms with Gasteiger partial charge in [-0.3, -0.25) is 8.92 Å². The Morgan fingerprint density at radius 3 is 1.40 bits per heavy atom. The Kier molecular flexibility index (Phi) is 19.9. The lowest BCUT2D eigenvalue weighted by Crippen LogP contribution is -1.70. The Morgan fingerprint density at radius 2 is 1.20 bits per heavy atom. The summed E-state index contributed by atoms with van der Waals surface area (Å²) in [6, 6.07) is 0. The van der Waals surface area contributed by atoms with Gasteiger partial charge in [-0.25, -0.2) is 0 Å². The van der Waals surface area contributed by atoms with Crippen LogP contribution in [0.1, 0.15) is 46.0 Å². The van der Waals surface area contributed by atoms with E-state index in [9.17, 15) is 0 Å². The molecule has 0 atom stereocenters. The molecular weight excluding hydrogens is 144 g/mol. The molecule has 0 spiro atoms. The van der Waals surface area contributed by atoms with Crippen molar-refractivity contribution in [1.29, 1.82) is 0 Å². The molecule has 0 rings (SSSR count). The zero-order valence-electron chi connectivity index (χ0n) is 6.85. The molecule has 0 unspecified atom stereocenters. The standard InChI is InChI=1S/C7H16.O2Si/c1-3-5-7-6-4-2;1-3-2/h3-7H2,1-2H3;. The molecule has 0 heterocycles. The minimum atomic E-state index is -1.42. The summed E-state index contributed by atoms with van der Waals surface area (Å²) >= 11 is 0. The van der Waals surface area contributed by atoms with Crippen molar-refractivity contribution >= 4 is 9.29 Å². The molecular formula is C7H16O2Si. The van der Waals surface area contributed by atoms with Crippen LogP contribution in [0.5, 0.6) is 0 Å². The van der Waals surface area contributed by atoms with Gasteiger partial charge >= 0.3 is 9.29 Å². The molecule has 3 heteroatoms. The maximum absolute atomic E-state index is 8.40. The van der Waals surface area contributed by atoms with E-state index in [-0.39, 0.29) is 0 Å². The first-order valence-corrected chi connectivity index (χ1v) is 4.64. The minimum absolute atomic E-state index is 1.36. The molecule has 0 fully saturated rings. The molecule has 60 valence electrons. The smallest absolute Gasteiger partial charge is 0.274 e. The highest BCUT2D eigenvalue weighted by Gasteiger charge is 1.80. The lowest BCUT2D eigenvalue weighted by molar-refractivity contribution is 0.497. The van der Waals surface area contributed by atoms with E-state index in [1.165, 1.54) is 32.1 Å². The molecule has 0 aliphatic carbocycles. The van der Waals surface area contributed by atoms with Gasteiger partial charge in [0.15, 0.2) is 0 Å². The van der Waals surface area contributed by atoms with Crippen molar-refractivity contribution in [2.45, 2.75) is 46.0 Å². The predicted octanol–water partition coefficient (Wildman–Crippen LogP) is 2.36. The summed E-state index contributed by atoms with van der Waals surface area (Å²) in [6.45, 7) is 4.49. The van der Waals surface area contributed by atoms with Crippen LogP contribution in [0.2, 0.25) is 0 Å². The fourth-order valence-corrected chi connectivity index (χ4v) is 0.677. The van der Waals surface area contributed by atoms with Gasteiger partial charge in [-0.2, -0.15) is 0 Å². The summed E-state index contributed by atoms with van der Waals surface area (Å²) in [5, 5.41) is 0. The quantitative estimate of drug-likeness (QED) is 0.467. The van der Waals surface area contributed by atoms with Gasteiger partial charge in [0, 0.05) is 0 Å². The van der Waals surface area contributed by atoms with Crippen molar-refractivity contribution in [3.05, 3.63) is 0 Å². The highest BCUT2D eigenvalue weighted by Crippen LogP contribution is 2.00. The van der Waals surface area contributed by atoms with Crippen molar-refractivity contribution in [2.75, 3.05) is 0 Å². The third-order valence-electron chi connectivity index (χ3n) is 1.21. The third kappa shape index (κ3) is 24.9. The molecule has 0 saturated carbocycles. The molecule has 0 radical (unpaired) electrons. The van der Waals surface area contributed by atoms with E-state index < -0.39 is 9.29 Å². The van der Waals surface area contributed by atoms with Crippen molar-refractivity contribution < 1.29 is 8.92 Å². The third-order valence-corrected chi connectivity index (χ3v) is 1.21. The van der Waals surface area contributed by atoms with Gasteiger partial charge in [-0.1, -0.05) is 46.0 Å². The van der Waals surface area contributed by atoms with Crippen molar-refractivity contribution in [2.24, 2.45) is 0 Å². The number of hydrogen-bond donors (Lipinski definition) is 0. The zero-order valence-corrected chi connectivity index (χ0v) is 7.85. The fourth-order valence-electron chi connectivity index (χ4n) is 0.677. The highest BCUT2D eigenvalue weighted by atomic mass is 28.2. The summed E-state index contributed by atoms with van der Waals surface area (Å²) in [6.07, 6.45) is 7.01. The first-order valence-electron chi connectivity index (χ1n) is 3.82. The molecule has 0 aromatic heterocycles. The molecule has 0 aliphatic heterocycles. The minimum Gasteiger partial charge on any atom is -0.274 e. The lowest BCUT2D eigenvalue weighted by atomic mass is 10.2. The Labute approximate surface area is 65.0 Å². The monoisotopic (exact) mass is 160 g/mol. The molecule has 2 nitrogen and oxygen atoms in total. The molecule has 0 bridgehead atoms. The fraction of sp³-hybridized carbons (Fsp3) is 1.00. The molecule has 10 heavy (non-hydrogen) atoms. The summed E-state index contributed by atoms with van der Waals surface area (Å²) < 4.78 is 16.8. The van der Waals surface area contributed by atoms with Gasteiger partial charge in [0.05, 0.1) is 0 Å². The highest BCUT2D eigenvalue weighted by molar-refractivity contribution is 5.94. The second-order valence-electron chi connectivity index (χ2n) is 2.14. The maximum atomic E-state index is 8.40. The molecule has 0 N–H and O–H groups in total. The normalized spacial score (nSPS) is 7.40. The predicted molar refractivity (Wildman–Crippen MR) is 41.6 cm³/mol. The maximum Gasteiger partial charge on any atom is 0.549 e. The van der Waals surface area contributed by atoms with E-state index >= 15 is 0 Å². The summed E-state index contributed by atoms with van der Waals surface area (Å²) in [5.41, 5.74) is 0. The average Bonchev–Trinajstić information content (AvgIpc) is 1.91. The number of hydrogen-bond acceptors (Lipinski definition) is 2. The summed E-state index contributed by atoms with van der Waals surface area (Å²) in [7, 11) is -1.42. The van der Waals surface area contributed by atoms with E-state index in [1.807, 2.05) is 0 Å². The summed E-state index contributed by atoms with van der Waals surface area (Å²) in [5.74, 6) is 0. The number of rotatable bonds is 4. The Hall–Kier alpha value is -0.183. The van der Waals surface area contributed by atoms with Crippen LogP contribution >= 0.6 is 0 Å². The van der Waals surface area contributed by atoms with Crippen LogP contribution in [0.25, 0.3) is 0 Å². The van der Waals surface area contributed by atoms with Crippen molar-refractivity contribution in [3.63, 3.8) is 0 Å². The van der Waals surface area contributed by atoms with E-state index in [0.29, 0.717) is 0 Å². The van der Waals surface area contributed by atoms with Crippen LogP contribution in [0.4, 0.5) is 0 Å². The van der Waals surface area contributed by atoms with Crippen LogP contribution in [-0.2, 0) is 8.92 Å². The molecule has 0 saturated heterocycles. The Bertz CT molecular complexity index is 73.7. The van der Waals surface area contributed by atoms with Gasteiger partial charge in [0.2, 0.25) is 0 Å². The number of unbranched alkanes of at least 4 members (excludes halogenated alkanes) is 4. The van der Waals surface area contributed by atoms with Gasteiger partial charge in [-0.05, 0) is 0 Å². The Balaban J connectivity index is 0. The van der Waals surface area contributed by atoms with Crippen LogP contribution in [0.3, 0.4) is 0 Å². The second-order valence-corrected chi connectivity index (χ2v) is 2.31. The van der Waals surface area contributed by atoms with E-state index in [0.717, 1.165) is 0 Å². The SMILES string of the molecule is CCCCCCC.O=[Si]=O. The Morgan fingerprint density at radius 1 is 0.900 bits per heavy atom. The largest absolute Gasteiger partial charge is 0.549 e. The topological polar surface area (TPSA) is 34.1 Å². The van der Waals surface area contributed by atoms with Crippen molar-refractivity contribution in [3.8, 4) is 0 Å². The zero-order chi connectivity index (χ0) is 8.24. The van der Waals surface area contributed by atoms with Crippen LogP contribution in [0.15, 0.2) is 0 Å². The van der Waals surface area contributed by atoms with Crippen LogP contribution in [-0.4, -0.2) is 9.29 Å². The van der Waals surface area contributed by atoms with Crippen LogP contribution in [0, 0.1) is 0 Å².